The number of hydrogen-bond acceptors (Lipinski definition) is 3. The number of hydrogen-bond donors (Lipinski definition) is 1. The van der Waals surface area contributed by atoms with Gasteiger partial charge in [-0.15, -0.1) is 0 Å². The van der Waals surface area contributed by atoms with Crippen LogP contribution in [0.25, 0.3) is 0 Å². The van der Waals surface area contributed by atoms with Gasteiger partial charge in [0.25, 0.3) is 0 Å². The third-order valence-corrected chi connectivity index (χ3v) is 2.02. The maximum absolute atomic E-state index is 12.9. The number of carbonyl (C=O) groups is 1. The molecule has 0 fully saturated rings. The van der Waals surface area contributed by atoms with E-state index in [1.807, 2.05) is 0 Å². The Kier molecular flexibility index (Phi) is 4.62. The number of halogens is 2. The van der Waals surface area contributed by atoms with E-state index in [9.17, 15) is 18.3 Å². The van der Waals surface area contributed by atoms with E-state index in [4.69, 9.17) is 5.11 Å². The number of benzene rings is 1. The van der Waals surface area contributed by atoms with Gasteiger partial charge in [0.05, 0.1) is 0 Å². The molecule has 1 atom stereocenters. The molecule has 88 valence electrons. The first kappa shape index (κ1) is 13.2. The molecule has 0 amide bonds. The Morgan fingerprint density at radius 3 is 2.71 bits per heavy atom. The quantitative estimate of drug-likeness (QED) is 0.616. The van der Waals surface area contributed by atoms with Crippen LogP contribution in [0.5, 0.6) is 0 Å². The summed E-state index contributed by atoms with van der Waals surface area (Å²) in [7, 11) is 0.348. The summed E-state index contributed by atoms with van der Waals surface area (Å²) in [6, 6.07) is 1.89. The van der Waals surface area contributed by atoms with Crippen molar-refractivity contribution in [2.45, 2.75) is 12.5 Å². The average Bonchev–Trinajstić information content (AvgIpc) is 2.28. The topological polar surface area (TPSA) is 66.7 Å². The number of aliphatic carboxylic acids is 1. The molecule has 1 rings (SSSR count). The zero-order chi connectivity index (χ0) is 12.8. The van der Waals surface area contributed by atoms with Crippen molar-refractivity contribution in [2.24, 2.45) is 4.99 Å². The van der Waals surface area contributed by atoms with Gasteiger partial charge in [0.1, 0.15) is 0 Å². The van der Waals surface area contributed by atoms with Crippen LogP contribution < -0.4 is 0 Å². The Labute approximate surface area is 96.2 Å². The predicted octanol–water partition coefficient (Wildman–Crippen LogP) is 1.04. The van der Waals surface area contributed by atoms with Crippen LogP contribution in [0.2, 0.25) is 0 Å². The van der Waals surface area contributed by atoms with Gasteiger partial charge in [0.15, 0.2) is 0 Å². The second kappa shape index (κ2) is 5.98. The molecule has 0 unspecified atom stereocenters. The third kappa shape index (κ3) is 3.86. The molecule has 4 nitrogen and oxygen atoms in total. The summed E-state index contributed by atoms with van der Waals surface area (Å²) < 4.78 is 35.5. The van der Waals surface area contributed by atoms with Crippen LogP contribution >= 0.6 is 0 Å². The van der Waals surface area contributed by atoms with E-state index in [1.165, 1.54) is 6.07 Å². The van der Waals surface area contributed by atoms with Crippen molar-refractivity contribution in [1.82, 2.24) is 0 Å². The van der Waals surface area contributed by atoms with Gasteiger partial charge in [0.2, 0.25) is 0 Å². The first-order chi connectivity index (χ1) is 8.04. The molecule has 0 aliphatic heterocycles. The van der Waals surface area contributed by atoms with Crippen molar-refractivity contribution >= 4 is 19.2 Å². The van der Waals surface area contributed by atoms with Crippen LogP contribution in [0.15, 0.2) is 23.2 Å². The summed E-state index contributed by atoms with van der Waals surface area (Å²) >= 11 is 0. The van der Waals surface area contributed by atoms with Crippen molar-refractivity contribution < 1.29 is 23.4 Å². The van der Waals surface area contributed by atoms with Crippen LogP contribution in [0.3, 0.4) is 0 Å². The van der Waals surface area contributed by atoms with Crippen molar-refractivity contribution in [1.29, 1.82) is 0 Å². The van der Waals surface area contributed by atoms with Crippen LogP contribution in [-0.2, 0) is 15.9 Å². The van der Waals surface area contributed by atoms with E-state index in [0.717, 1.165) is 18.2 Å². The molecular weight excluding hydrogens is 231 g/mol. The van der Waals surface area contributed by atoms with Crippen LogP contribution in [-0.4, -0.2) is 30.4 Å². The van der Waals surface area contributed by atoms with Crippen molar-refractivity contribution in [3.8, 4) is 0 Å². The van der Waals surface area contributed by atoms with E-state index in [2.05, 4.69) is 4.99 Å². The van der Waals surface area contributed by atoms with Crippen LogP contribution in [0, 0.1) is 11.6 Å². The third-order valence-electron chi connectivity index (χ3n) is 2.02. The number of carboxylic acids is 1. The molecule has 0 bridgehead atoms. The Morgan fingerprint density at radius 1 is 1.47 bits per heavy atom. The molecule has 0 radical (unpaired) electrons. The number of carboxylic acid groups (broad SMARTS) is 1. The van der Waals surface area contributed by atoms with Gasteiger partial charge in [-0.1, -0.05) is 0 Å². The van der Waals surface area contributed by atoms with Gasteiger partial charge in [-0.2, -0.15) is 0 Å². The summed E-state index contributed by atoms with van der Waals surface area (Å²) in [6.45, 7) is 0. The van der Waals surface area contributed by atoms with Crippen LogP contribution in [0.1, 0.15) is 5.56 Å². The van der Waals surface area contributed by atoms with Crippen molar-refractivity contribution in [2.75, 3.05) is 0 Å². The fraction of sp³-hybridized carbons (Fsp3) is 0.200. The molecule has 0 heterocycles. The normalized spacial score (nSPS) is 12.4. The molecule has 1 aromatic rings. The minimum atomic E-state index is -1.24. The molecule has 0 aliphatic rings. The van der Waals surface area contributed by atoms with Gasteiger partial charge < -0.3 is 0 Å². The van der Waals surface area contributed by atoms with Gasteiger partial charge in [-0.25, -0.2) is 0 Å². The number of rotatable bonds is 5. The SMILES string of the molecule is O=BC=N[C@H](Cc1ccc(F)c(F)c1)C(=O)O. The first-order valence-corrected chi connectivity index (χ1v) is 4.68. The Morgan fingerprint density at radius 2 is 2.18 bits per heavy atom. The molecule has 0 aromatic heterocycles. The Balaban J connectivity index is 2.85. The fourth-order valence-electron chi connectivity index (χ4n) is 1.23. The standard InChI is InChI=1S/C10H8BF2NO3/c12-7-2-1-6(3-8(7)13)4-9(10(15)16)14-5-11-17/h1-3,5,9H,4H2,(H,15,16)/t9-/m1/s1. The van der Waals surface area contributed by atoms with E-state index >= 15 is 0 Å². The van der Waals surface area contributed by atoms with Crippen molar-refractivity contribution in [3.05, 3.63) is 35.4 Å². The molecule has 0 saturated heterocycles. The summed E-state index contributed by atoms with van der Waals surface area (Å²) in [5, 5.41) is 8.79. The van der Waals surface area contributed by atoms with Gasteiger partial charge in [-0.05, 0) is 0 Å². The molecule has 1 N–H and O–H groups in total. The van der Waals surface area contributed by atoms with E-state index < -0.39 is 23.6 Å². The second-order valence-corrected chi connectivity index (χ2v) is 3.24. The van der Waals surface area contributed by atoms with Crippen molar-refractivity contribution in [3.63, 3.8) is 0 Å². The second-order valence-electron chi connectivity index (χ2n) is 3.24. The van der Waals surface area contributed by atoms with E-state index in [1.54, 1.807) is 0 Å². The zero-order valence-electron chi connectivity index (χ0n) is 8.64. The summed E-state index contributed by atoms with van der Waals surface area (Å²) in [6.07, 6.45) is 0.704. The Bertz CT molecular complexity index is 465. The number of aliphatic imine (C=N–C) groups is 1. The molecule has 1 aromatic carbocycles. The van der Waals surface area contributed by atoms with E-state index in [-0.39, 0.29) is 6.42 Å². The van der Waals surface area contributed by atoms with Crippen LogP contribution in [0.4, 0.5) is 8.78 Å². The molecule has 0 aliphatic carbocycles. The maximum atomic E-state index is 12.9. The van der Waals surface area contributed by atoms with E-state index in [0.29, 0.717) is 12.7 Å². The summed E-state index contributed by atoms with van der Waals surface area (Å²) in [5.74, 6) is -3.30. The molecule has 7 heteroatoms. The molecule has 0 spiro atoms. The van der Waals surface area contributed by atoms with Gasteiger partial charge in [-0.3, -0.25) is 0 Å². The number of nitrogens with zero attached hydrogens (tertiary/aromatic N) is 1. The molecule has 17 heavy (non-hydrogen) atoms. The average molecular weight is 239 g/mol. The minimum absolute atomic E-state index is 0.114. The summed E-state index contributed by atoms with van der Waals surface area (Å²) in [4.78, 5) is 14.2. The Hall–Kier alpha value is -1.92. The van der Waals surface area contributed by atoms with Gasteiger partial charge >= 0.3 is 95.5 Å². The fourth-order valence-corrected chi connectivity index (χ4v) is 1.23. The first-order valence-electron chi connectivity index (χ1n) is 4.68. The molecular formula is C10H8BF2NO3. The zero-order valence-corrected chi connectivity index (χ0v) is 8.64. The monoisotopic (exact) mass is 239 g/mol. The summed E-state index contributed by atoms with van der Waals surface area (Å²) in [5.41, 5.74) is 0.291. The predicted molar refractivity (Wildman–Crippen MR) is 56.4 cm³/mol. The van der Waals surface area contributed by atoms with Gasteiger partial charge in [0, 0.05) is 0 Å². The molecule has 0 saturated carbocycles.